The molecule has 0 aromatic heterocycles. The molecule has 0 saturated carbocycles. The van der Waals surface area contributed by atoms with Crippen LogP contribution >= 0.6 is 0 Å². The van der Waals surface area contributed by atoms with Crippen LogP contribution in [0.5, 0.6) is 0 Å². The minimum atomic E-state index is -0.405. The van der Waals surface area contributed by atoms with Crippen LogP contribution in [0, 0.1) is 10.1 Å². The third kappa shape index (κ3) is 2.21. The molecule has 0 aliphatic carbocycles. The van der Waals surface area contributed by atoms with Gasteiger partial charge in [-0.25, -0.2) is 0 Å². The number of nitro benzene ring substituents is 1. The maximum absolute atomic E-state index is 10.9. The first kappa shape index (κ1) is 12.2. The van der Waals surface area contributed by atoms with Gasteiger partial charge in [0.05, 0.1) is 22.9 Å². The fourth-order valence-electron chi connectivity index (χ4n) is 2.14. The van der Waals surface area contributed by atoms with Gasteiger partial charge in [0, 0.05) is 29.5 Å². The molecule has 0 fully saturated rings. The lowest BCUT2D eigenvalue weighted by atomic mass is 10.00. The zero-order valence-electron chi connectivity index (χ0n) is 10.6. The van der Waals surface area contributed by atoms with E-state index in [0.717, 1.165) is 11.3 Å². The van der Waals surface area contributed by atoms with Crippen molar-refractivity contribution in [2.75, 3.05) is 6.54 Å². The first-order valence-electron chi connectivity index (χ1n) is 6.17. The van der Waals surface area contributed by atoms with Crippen LogP contribution in [0.3, 0.4) is 0 Å². The first-order valence-corrected chi connectivity index (χ1v) is 6.17. The Morgan fingerprint density at radius 1 is 1.10 bits per heavy atom. The Hall–Kier alpha value is -2.82. The predicted molar refractivity (Wildman–Crippen MR) is 78.2 cm³/mol. The average Bonchev–Trinajstić information content (AvgIpc) is 2.69. The molecule has 2 aromatic rings. The molecular weight excluding hydrogens is 254 g/mol. The third-order valence-corrected chi connectivity index (χ3v) is 3.05. The molecule has 0 N–H and O–H groups in total. The van der Waals surface area contributed by atoms with Gasteiger partial charge in [0.25, 0.3) is 5.69 Å². The van der Waals surface area contributed by atoms with Crippen molar-refractivity contribution >= 4 is 23.3 Å². The largest absolute Gasteiger partial charge is 0.278 e. The summed E-state index contributed by atoms with van der Waals surface area (Å²) in [5.41, 5.74) is 3.11. The number of hydrogen-bond acceptors (Lipinski definition) is 4. The van der Waals surface area contributed by atoms with Crippen LogP contribution in [0.1, 0.15) is 11.1 Å². The number of rotatable bonds is 2. The Bertz CT molecular complexity index is 721. The van der Waals surface area contributed by atoms with Crippen LogP contribution in [-0.4, -0.2) is 23.4 Å². The quantitative estimate of drug-likeness (QED) is 0.618. The van der Waals surface area contributed by atoms with E-state index in [0.29, 0.717) is 17.8 Å². The highest BCUT2D eigenvalue weighted by Crippen LogP contribution is 2.28. The number of hydrogen-bond donors (Lipinski definition) is 0. The van der Waals surface area contributed by atoms with E-state index in [1.54, 1.807) is 12.3 Å². The molecule has 0 saturated heterocycles. The molecule has 0 atom stereocenters. The minimum Gasteiger partial charge on any atom is -0.278 e. The molecule has 98 valence electrons. The lowest BCUT2D eigenvalue weighted by molar-refractivity contribution is -0.384. The van der Waals surface area contributed by atoms with E-state index in [1.807, 2.05) is 30.3 Å². The van der Waals surface area contributed by atoms with E-state index in [2.05, 4.69) is 9.98 Å². The van der Waals surface area contributed by atoms with Crippen molar-refractivity contribution in [3.8, 4) is 0 Å². The van der Waals surface area contributed by atoms with E-state index in [9.17, 15) is 10.1 Å². The Morgan fingerprint density at radius 3 is 2.65 bits per heavy atom. The van der Waals surface area contributed by atoms with E-state index in [-0.39, 0.29) is 5.69 Å². The van der Waals surface area contributed by atoms with Crippen molar-refractivity contribution in [3.05, 3.63) is 69.8 Å². The molecule has 3 rings (SSSR count). The highest BCUT2D eigenvalue weighted by Gasteiger charge is 2.17. The minimum absolute atomic E-state index is 0.0458. The molecule has 1 heterocycles. The van der Waals surface area contributed by atoms with Crippen LogP contribution in [0.2, 0.25) is 0 Å². The highest BCUT2D eigenvalue weighted by atomic mass is 16.6. The van der Waals surface area contributed by atoms with E-state index < -0.39 is 4.92 Å². The number of nitro groups is 1. The van der Waals surface area contributed by atoms with Crippen LogP contribution in [0.15, 0.2) is 58.5 Å². The molecule has 5 heteroatoms. The van der Waals surface area contributed by atoms with Gasteiger partial charge in [-0.15, -0.1) is 0 Å². The van der Waals surface area contributed by atoms with Crippen molar-refractivity contribution < 1.29 is 4.92 Å². The fraction of sp³-hybridized carbons (Fsp3) is 0.0667. The SMILES string of the molecule is O=[N+]([O-])c1ccc2c(c1)C(c1ccccc1)=NCC=N2. The number of nitrogens with zero attached hydrogens (tertiary/aromatic N) is 3. The summed E-state index contributed by atoms with van der Waals surface area (Å²) in [6.07, 6.45) is 1.71. The van der Waals surface area contributed by atoms with Gasteiger partial charge < -0.3 is 0 Å². The second-order valence-electron chi connectivity index (χ2n) is 4.33. The monoisotopic (exact) mass is 265 g/mol. The summed E-state index contributed by atoms with van der Waals surface area (Å²) in [4.78, 5) is 19.3. The molecule has 20 heavy (non-hydrogen) atoms. The van der Waals surface area contributed by atoms with Gasteiger partial charge in [0.2, 0.25) is 0 Å². The van der Waals surface area contributed by atoms with Gasteiger partial charge in [0.1, 0.15) is 0 Å². The number of non-ortho nitro benzene ring substituents is 1. The smallest absolute Gasteiger partial charge is 0.270 e. The molecule has 5 nitrogen and oxygen atoms in total. The molecule has 1 aliphatic rings. The molecule has 0 amide bonds. The highest BCUT2D eigenvalue weighted by molar-refractivity contribution is 6.16. The molecule has 0 spiro atoms. The number of fused-ring (bicyclic) bond motifs is 1. The van der Waals surface area contributed by atoms with Crippen molar-refractivity contribution in [2.45, 2.75) is 0 Å². The van der Waals surface area contributed by atoms with Crippen molar-refractivity contribution in [1.29, 1.82) is 0 Å². The summed E-state index contributed by atoms with van der Waals surface area (Å²) in [6, 6.07) is 14.3. The zero-order valence-corrected chi connectivity index (χ0v) is 10.6. The lowest BCUT2D eigenvalue weighted by Gasteiger charge is -2.08. The second kappa shape index (κ2) is 5.05. The third-order valence-electron chi connectivity index (χ3n) is 3.05. The standard InChI is InChI=1S/C15H11N3O2/c19-18(20)12-6-7-14-13(10-12)15(17-9-8-16-14)11-4-2-1-3-5-11/h1-8,10H,9H2. The van der Waals surface area contributed by atoms with Gasteiger partial charge in [0.15, 0.2) is 0 Å². The molecular formula is C15H11N3O2. The summed E-state index contributed by atoms with van der Waals surface area (Å²) in [5.74, 6) is 0. The summed E-state index contributed by atoms with van der Waals surface area (Å²) < 4.78 is 0. The normalized spacial score (nSPS) is 13.3. The van der Waals surface area contributed by atoms with Gasteiger partial charge in [-0.1, -0.05) is 30.3 Å². The first-order chi connectivity index (χ1) is 9.75. The summed E-state index contributed by atoms with van der Waals surface area (Å²) >= 11 is 0. The van der Waals surface area contributed by atoms with E-state index >= 15 is 0 Å². The molecule has 0 unspecified atom stereocenters. The zero-order chi connectivity index (χ0) is 13.9. The molecule has 0 bridgehead atoms. The van der Waals surface area contributed by atoms with E-state index in [1.165, 1.54) is 12.1 Å². The van der Waals surface area contributed by atoms with Crippen LogP contribution < -0.4 is 0 Å². The van der Waals surface area contributed by atoms with Crippen molar-refractivity contribution in [3.63, 3.8) is 0 Å². The van der Waals surface area contributed by atoms with Crippen molar-refractivity contribution in [2.24, 2.45) is 9.98 Å². The lowest BCUT2D eigenvalue weighted by Crippen LogP contribution is -2.04. The number of benzene rings is 2. The fourth-order valence-corrected chi connectivity index (χ4v) is 2.14. The Morgan fingerprint density at radius 2 is 1.90 bits per heavy atom. The van der Waals surface area contributed by atoms with Crippen molar-refractivity contribution in [1.82, 2.24) is 0 Å². The van der Waals surface area contributed by atoms with Crippen LogP contribution in [0.25, 0.3) is 0 Å². The summed E-state index contributed by atoms with van der Waals surface area (Å²) in [6.45, 7) is 0.465. The maximum Gasteiger partial charge on any atom is 0.270 e. The van der Waals surface area contributed by atoms with Gasteiger partial charge >= 0.3 is 0 Å². The molecule has 2 aromatic carbocycles. The summed E-state index contributed by atoms with van der Waals surface area (Å²) in [7, 11) is 0. The Labute approximate surface area is 115 Å². The summed E-state index contributed by atoms with van der Waals surface area (Å²) in [5, 5.41) is 10.9. The van der Waals surface area contributed by atoms with Crippen LogP contribution in [-0.2, 0) is 0 Å². The molecule has 1 aliphatic heterocycles. The van der Waals surface area contributed by atoms with Crippen LogP contribution in [0.4, 0.5) is 11.4 Å². The van der Waals surface area contributed by atoms with E-state index in [4.69, 9.17) is 0 Å². The van der Waals surface area contributed by atoms with Gasteiger partial charge in [-0.2, -0.15) is 0 Å². The van der Waals surface area contributed by atoms with Gasteiger partial charge in [-0.05, 0) is 6.07 Å². The molecule has 0 radical (unpaired) electrons. The Balaban J connectivity index is 2.19. The number of aliphatic imine (C=N–C) groups is 2. The topological polar surface area (TPSA) is 67.9 Å². The van der Waals surface area contributed by atoms with Gasteiger partial charge in [-0.3, -0.25) is 20.1 Å². The Kier molecular flexibility index (Phi) is 3.09. The second-order valence-corrected chi connectivity index (χ2v) is 4.33. The maximum atomic E-state index is 10.9. The average molecular weight is 265 g/mol. The predicted octanol–water partition coefficient (Wildman–Crippen LogP) is 3.15.